The molecule has 0 fully saturated rings. The maximum absolute atomic E-state index is 11.5. The van der Waals surface area contributed by atoms with E-state index in [4.69, 9.17) is 40.9 Å². The van der Waals surface area contributed by atoms with E-state index in [1.54, 1.807) is 12.1 Å². The van der Waals surface area contributed by atoms with Gasteiger partial charge in [-0.3, -0.25) is 19.2 Å². The van der Waals surface area contributed by atoms with Crippen LogP contribution < -0.4 is 9.47 Å². The van der Waals surface area contributed by atoms with Gasteiger partial charge in [-0.05, 0) is 37.8 Å². The number of carbonyl (C=O) groups excluding carboxylic acids is 4. The molecule has 0 bridgehead atoms. The van der Waals surface area contributed by atoms with E-state index in [0.717, 1.165) is 65.1 Å². The number of carbonyl (C=O) groups is 4. The standard InChI is InChI=1S/C14H18O2.C13H16O2.2C11H14O.C3H7B.3C2H5B/c1-10(2)14(4,5)12-8-6-7-9-13(12)16-11(3)15;1-10(2)13(3,4)11-7-5-6-8-12(11)15-9-14;2*1-9(2)8-11(12)10-6-4-3-5-7-10;1-2-3-4;3*1-2-3/h6-9H,1H2,2-5H3;5-9H,1H2,2-4H3;2*3-7,9H,8H2,1-2H3;2-3H2,1H3;3*2H2,1H3. The van der Waals surface area contributed by atoms with E-state index in [9.17, 15) is 19.2 Å². The highest BCUT2D eigenvalue weighted by molar-refractivity contribution is 6.08. The summed E-state index contributed by atoms with van der Waals surface area (Å²) in [7, 11) is 19.6. The van der Waals surface area contributed by atoms with Crippen LogP contribution in [0, 0.1) is 11.8 Å². The number of benzene rings is 4. The van der Waals surface area contributed by atoms with E-state index in [2.05, 4.69) is 75.5 Å². The summed E-state index contributed by atoms with van der Waals surface area (Å²) in [4.78, 5) is 44.3. The van der Waals surface area contributed by atoms with Crippen LogP contribution in [0.15, 0.2) is 133 Å². The lowest BCUT2D eigenvalue weighted by Crippen LogP contribution is -2.20. The molecule has 4 aromatic carbocycles. The third-order valence-corrected chi connectivity index (χ3v) is 9.35. The second-order valence-corrected chi connectivity index (χ2v) is 17.4. The number of esters is 1. The van der Waals surface area contributed by atoms with E-state index in [0.29, 0.717) is 42.6 Å². The Morgan fingerprint density at radius 1 is 0.544 bits per heavy atom. The Hall–Kier alpha value is -5.10. The van der Waals surface area contributed by atoms with Crippen LogP contribution in [0.3, 0.4) is 0 Å². The van der Waals surface area contributed by atoms with Crippen LogP contribution in [-0.2, 0) is 20.4 Å². The van der Waals surface area contributed by atoms with Gasteiger partial charge in [0, 0.05) is 52.8 Å². The van der Waals surface area contributed by atoms with Crippen molar-refractivity contribution < 1.29 is 28.7 Å². The molecular weight excluding hydrogens is 836 g/mol. The van der Waals surface area contributed by atoms with E-state index in [1.807, 2.05) is 132 Å². The normalized spacial score (nSPS) is 9.78. The summed E-state index contributed by atoms with van der Waals surface area (Å²) < 4.78 is 10.2. The van der Waals surface area contributed by atoms with Crippen molar-refractivity contribution in [2.24, 2.45) is 11.8 Å². The molecule has 10 heteroatoms. The summed E-state index contributed by atoms with van der Waals surface area (Å²) in [6.45, 7) is 38.0. The van der Waals surface area contributed by atoms with E-state index >= 15 is 0 Å². The minimum Gasteiger partial charge on any atom is -0.428 e. The maximum atomic E-state index is 11.5. The van der Waals surface area contributed by atoms with Crippen molar-refractivity contribution in [2.75, 3.05) is 0 Å². The summed E-state index contributed by atoms with van der Waals surface area (Å²) in [5.74, 6) is 2.28. The first-order chi connectivity index (χ1) is 31.9. The fourth-order valence-electron chi connectivity index (χ4n) is 5.05. The first kappa shape index (κ1) is 69.5. The number of ketones is 2. The fraction of sp³-hybridized carbons (Fsp3) is 0.448. The minimum absolute atomic E-state index is 0.195. The molecule has 0 aliphatic heterocycles. The van der Waals surface area contributed by atoms with Gasteiger partial charge in [-0.15, -0.1) is 0 Å². The number of rotatable bonds is 14. The van der Waals surface area contributed by atoms with Gasteiger partial charge in [0.1, 0.15) is 11.5 Å². The van der Waals surface area contributed by atoms with Crippen molar-refractivity contribution in [3.05, 3.63) is 156 Å². The summed E-state index contributed by atoms with van der Waals surface area (Å²) in [5.41, 5.74) is 5.28. The highest BCUT2D eigenvalue weighted by atomic mass is 16.5. The number of ether oxygens (including phenoxy) is 2. The van der Waals surface area contributed by atoms with Crippen molar-refractivity contribution in [1.82, 2.24) is 0 Å². The van der Waals surface area contributed by atoms with E-state index < -0.39 is 0 Å². The fourth-order valence-corrected chi connectivity index (χ4v) is 5.05. The van der Waals surface area contributed by atoms with Crippen LogP contribution in [-0.4, -0.2) is 55.4 Å². The number of para-hydroxylation sites is 2. The average Bonchev–Trinajstić information content (AvgIpc) is 3.28. The first-order valence-electron chi connectivity index (χ1n) is 23.7. The molecule has 0 saturated heterocycles. The Morgan fingerprint density at radius 2 is 0.824 bits per heavy atom. The van der Waals surface area contributed by atoms with E-state index in [1.165, 1.54) is 6.92 Å². The summed E-state index contributed by atoms with van der Waals surface area (Å²) in [5, 5.41) is 0. The van der Waals surface area contributed by atoms with Crippen molar-refractivity contribution in [3.8, 4) is 11.5 Å². The Labute approximate surface area is 420 Å². The second-order valence-electron chi connectivity index (χ2n) is 17.4. The van der Waals surface area contributed by atoms with Gasteiger partial charge >= 0.3 is 5.97 Å². The molecular formula is C58H84B4O6. The van der Waals surface area contributed by atoms with Gasteiger partial charge in [-0.1, -0.05) is 236 Å². The largest absolute Gasteiger partial charge is 0.428 e. The zero-order valence-corrected chi connectivity index (χ0v) is 44.7. The molecule has 4 aromatic rings. The number of Topliss-reactive ketones (excluding diaryl/α,β-unsaturated/α-hetero) is 2. The third kappa shape index (κ3) is 33.4. The lowest BCUT2D eigenvalue weighted by atomic mass is 9.78. The highest BCUT2D eigenvalue weighted by Gasteiger charge is 2.26. The molecule has 0 amide bonds. The molecule has 68 heavy (non-hydrogen) atoms. The Kier molecular flexibility index (Phi) is 42.9. The predicted octanol–water partition coefficient (Wildman–Crippen LogP) is 15.1. The topological polar surface area (TPSA) is 86.7 Å². The maximum Gasteiger partial charge on any atom is 0.308 e. The van der Waals surface area contributed by atoms with Crippen molar-refractivity contribution in [3.63, 3.8) is 0 Å². The minimum atomic E-state index is -0.301. The highest BCUT2D eigenvalue weighted by Crippen LogP contribution is 2.37. The lowest BCUT2D eigenvalue weighted by molar-refractivity contribution is -0.132. The molecule has 0 heterocycles. The summed E-state index contributed by atoms with van der Waals surface area (Å²) in [6, 6.07) is 34.0. The molecule has 4 rings (SSSR count). The van der Waals surface area contributed by atoms with Crippen molar-refractivity contribution in [2.45, 2.75) is 159 Å². The molecule has 0 aromatic heterocycles. The molecule has 0 atom stereocenters. The van der Waals surface area contributed by atoms with Gasteiger partial charge in [0.15, 0.2) is 11.6 Å². The van der Waals surface area contributed by atoms with Crippen LogP contribution in [0.25, 0.3) is 0 Å². The molecule has 0 aliphatic rings. The monoisotopic (exact) mass is 921 g/mol. The first-order valence-corrected chi connectivity index (χ1v) is 23.7. The zero-order valence-electron chi connectivity index (χ0n) is 44.7. The van der Waals surface area contributed by atoms with Gasteiger partial charge < -0.3 is 9.47 Å². The van der Waals surface area contributed by atoms with Gasteiger partial charge in [-0.2, -0.15) is 0 Å². The van der Waals surface area contributed by atoms with Gasteiger partial charge in [0.25, 0.3) is 6.47 Å². The summed E-state index contributed by atoms with van der Waals surface area (Å²) in [6.07, 6.45) is 5.45. The molecule has 364 valence electrons. The van der Waals surface area contributed by atoms with Crippen LogP contribution >= 0.6 is 0 Å². The lowest BCUT2D eigenvalue weighted by Gasteiger charge is -2.27. The van der Waals surface area contributed by atoms with Crippen LogP contribution in [0.5, 0.6) is 11.5 Å². The number of hydrogen-bond donors (Lipinski definition) is 0. The average molecular weight is 921 g/mol. The molecule has 0 spiro atoms. The molecule has 0 aliphatic carbocycles. The molecule has 0 saturated carbocycles. The van der Waals surface area contributed by atoms with Crippen molar-refractivity contribution >= 4 is 55.4 Å². The Morgan fingerprint density at radius 3 is 1.09 bits per heavy atom. The second kappa shape index (κ2) is 42.0. The SMILES string of the molecule is C=C(C)C(C)(C)c1ccccc1OC(C)=O.C=C(C)C(C)(C)c1ccccc1OC=O.CC(C)CC(=O)c1ccccc1.CC(C)CC(=O)c1ccccc1.[B]CC.[B]CC.[B]CC.[B]CCC. The molecule has 6 nitrogen and oxygen atoms in total. The Bertz CT molecular complexity index is 1880. The van der Waals surface area contributed by atoms with Gasteiger partial charge in [-0.25, -0.2) is 0 Å². The number of allylic oxidation sites excluding steroid dienone is 2. The zero-order chi connectivity index (χ0) is 53.3. The van der Waals surface area contributed by atoms with E-state index in [-0.39, 0.29) is 28.4 Å². The predicted molar refractivity (Wildman–Crippen MR) is 297 cm³/mol. The molecule has 0 N–H and O–H groups in total. The smallest absolute Gasteiger partial charge is 0.308 e. The van der Waals surface area contributed by atoms with Crippen LogP contribution in [0.2, 0.25) is 25.3 Å². The summed E-state index contributed by atoms with van der Waals surface area (Å²) >= 11 is 0. The van der Waals surface area contributed by atoms with Crippen LogP contribution in [0.4, 0.5) is 0 Å². The Balaban J connectivity index is -0.000000371. The third-order valence-electron chi connectivity index (χ3n) is 9.35. The molecule has 8 radical (unpaired) electrons. The number of hydrogen-bond acceptors (Lipinski definition) is 6. The molecule has 0 unspecified atom stereocenters. The van der Waals surface area contributed by atoms with Crippen LogP contribution in [0.1, 0.15) is 155 Å². The van der Waals surface area contributed by atoms with Gasteiger partial charge in [0.2, 0.25) is 0 Å². The van der Waals surface area contributed by atoms with Crippen molar-refractivity contribution in [1.29, 1.82) is 0 Å². The van der Waals surface area contributed by atoms with Gasteiger partial charge in [0.05, 0.1) is 31.4 Å². The quantitative estimate of drug-likeness (QED) is 0.0313.